The summed E-state index contributed by atoms with van der Waals surface area (Å²) >= 11 is 0.793. The van der Waals surface area contributed by atoms with Crippen molar-refractivity contribution < 1.29 is 9.59 Å². The molecular weight excluding hydrogens is 190 g/mol. The van der Waals surface area contributed by atoms with Crippen molar-refractivity contribution in [3.63, 3.8) is 0 Å². The highest BCUT2D eigenvalue weighted by Crippen LogP contribution is 2.23. The fourth-order valence-electron chi connectivity index (χ4n) is 0.717. The summed E-state index contributed by atoms with van der Waals surface area (Å²) in [6, 6.07) is 0. The van der Waals surface area contributed by atoms with E-state index in [2.05, 4.69) is 5.32 Å². The standard InChI is InChI=1S/C7H7N3O2S/c8-2-1-4(9)3-5-6(11)10-7(12)13-5/h1-3,8H,9H2,(H,10,11,12)/b4-1?,5-3-,8-2?. The van der Waals surface area contributed by atoms with Gasteiger partial charge in [-0.2, -0.15) is 0 Å². The van der Waals surface area contributed by atoms with Crippen LogP contribution >= 0.6 is 11.8 Å². The molecule has 0 radical (unpaired) electrons. The number of allylic oxidation sites excluding steroid dienone is 2. The van der Waals surface area contributed by atoms with Crippen molar-refractivity contribution in [2.75, 3.05) is 0 Å². The SMILES string of the molecule is N=CC=C(N)/C=C1\SC(=O)NC1=O. The molecule has 0 spiro atoms. The van der Waals surface area contributed by atoms with E-state index in [4.69, 9.17) is 11.1 Å². The quantitative estimate of drug-likeness (QED) is 0.439. The zero-order valence-corrected chi connectivity index (χ0v) is 7.35. The van der Waals surface area contributed by atoms with Gasteiger partial charge >= 0.3 is 0 Å². The monoisotopic (exact) mass is 197 g/mol. The first kappa shape index (κ1) is 9.53. The summed E-state index contributed by atoms with van der Waals surface area (Å²) in [5.74, 6) is -0.448. The molecular formula is C7H7N3O2S. The molecule has 4 N–H and O–H groups in total. The summed E-state index contributed by atoms with van der Waals surface area (Å²) in [5, 5.41) is 8.40. The highest BCUT2D eigenvalue weighted by atomic mass is 32.2. The number of carbonyl (C=O) groups is 2. The van der Waals surface area contributed by atoms with Crippen LogP contribution in [-0.2, 0) is 4.79 Å². The van der Waals surface area contributed by atoms with E-state index in [-0.39, 0.29) is 10.6 Å². The van der Waals surface area contributed by atoms with E-state index in [0.29, 0.717) is 0 Å². The molecule has 1 saturated heterocycles. The summed E-state index contributed by atoms with van der Waals surface area (Å²) in [7, 11) is 0. The summed E-state index contributed by atoms with van der Waals surface area (Å²) < 4.78 is 0. The van der Waals surface area contributed by atoms with Crippen LogP contribution in [0.15, 0.2) is 22.8 Å². The van der Waals surface area contributed by atoms with Crippen LogP contribution in [0.3, 0.4) is 0 Å². The minimum absolute atomic E-state index is 0.251. The van der Waals surface area contributed by atoms with Gasteiger partial charge in [-0.25, -0.2) is 0 Å². The van der Waals surface area contributed by atoms with Crippen LogP contribution in [-0.4, -0.2) is 17.4 Å². The molecule has 0 saturated carbocycles. The number of thioether (sulfide) groups is 1. The van der Waals surface area contributed by atoms with Crippen LogP contribution in [0.1, 0.15) is 0 Å². The van der Waals surface area contributed by atoms with Crippen molar-refractivity contribution in [3.05, 3.63) is 22.8 Å². The lowest BCUT2D eigenvalue weighted by Crippen LogP contribution is -2.18. The Labute approximate surface area is 78.6 Å². The average Bonchev–Trinajstić information content (AvgIpc) is 2.30. The van der Waals surface area contributed by atoms with E-state index >= 15 is 0 Å². The average molecular weight is 197 g/mol. The van der Waals surface area contributed by atoms with Crippen LogP contribution in [0.25, 0.3) is 0 Å². The summed E-state index contributed by atoms with van der Waals surface area (Å²) in [6.45, 7) is 0. The van der Waals surface area contributed by atoms with Gasteiger partial charge in [-0.1, -0.05) is 0 Å². The predicted octanol–water partition coefficient (Wildman–Crippen LogP) is 0.345. The Morgan fingerprint density at radius 2 is 2.23 bits per heavy atom. The van der Waals surface area contributed by atoms with Crippen molar-refractivity contribution in [1.82, 2.24) is 5.32 Å². The van der Waals surface area contributed by atoms with Gasteiger partial charge in [-0.05, 0) is 23.9 Å². The molecule has 68 valence electrons. The fourth-order valence-corrected chi connectivity index (χ4v) is 1.40. The van der Waals surface area contributed by atoms with E-state index in [1.807, 2.05) is 0 Å². The predicted molar refractivity (Wildman–Crippen MR) is 50.3 cm³/mol. The first-order chi connectivity index (χ1) is 6.13. The largest absolute Gasteiger partial charge is 0.399 e. The number of nitrogens with two attached hydrogens (primary N) is 1. The number of carbonyl (C=O) groups excluding carboxylic acids is 2. The van der Waals surface area contributed by atoms with Crippen LogP contribution in [0.4, 0.5) is 4.79 Å². The first-order valence-electron chi connectivity index (χ1n) is 3.34. The minimum Gasteiger partial charge on any atom is -0.399 e. The minimum atomic E-state index is -0.448. The molecule has 0 unspecified atom stereocenters. The van der Waals surface area contributed by atoms with Gasteiger partial charge in [-0.3, -0.25) is 14.9 Å². The Bertz CT molecular complexity index is 333. The third kappa shape index (κ3) is 2.45. The second-order valence-corrected chi connectivity index (χ2v) is 3.20. The van der Waals surface area contributed by atoms with Crippen molar-refractivity contribution in [2.45, 2.75) is 0 Å². The third-order valence-electron chi connectivity index (χ3n) is 1.22. The molecule has 1 aliphatic heterocycles. The molecule has 0 atom stereocenters. The Morgan fingerprint density at radius 1 is 1.54 bits per heavy atom. The first-order valence-corrected chi connectivity index (χ1v) is 4.16. The molecule has 0 aromatic carbocycles. The molecule has 1 heterocycles. The molecule has 2 amide bonds. The van der Waals surface area contributed by atoms with Gasteiger partial charge in [0, 0.05) is 11.9 Å². The van der Waals surface area contributed by atoms with E-state index in [1.54, 1.807) is 0 Å². The lowest BCUT2D eigenvalue weighted by atomic mass is 10.3. The second kappa shape index (κ2) is 3.90. The Morgan fingerprint density at radius 3 is 2.69 bits per heavy atom. The van der Waals surface area contributed by atoms with E-state index in [1.165, 1.54) is 12.2 Å². The van der Waals surface area contributed by atoms with Crippen molar-refractivity contribution in [3.8, 4) is 0 Å². The molecule has 5 nitrogen and oxygen atoms in total. The molecule has 0 aromatic rings. The number of nitrogens with one attached hydrogen (secondary N) is 2. The van der Waals surface area contributed by atoms with Gasteiger partial charge in [0.1, 0.15) is 0 Å². The number of hydrogen-bond acceptors (Lipinski definition) is 5. The lowest BCUT2D eigenvalue weighted by Gasteiger charge is -1.91. The third-order valence-corrected chi connectivity index (χ3v) is 2.03. The summed E-state index contributed by atoms with van der Waals surface area (Å²) in [6.07, 6.45) is 3.69. The van der Waals surface area contributed by atoms with Gasteiger partial charge in [0.25, 0.3) is 11.1 Å². The summed E-state index contributed by atoms with van der Waals surface area (Å²) in [5.41, 5.74) is 5.67. The van der Waals surface area contributed by atoms with Gasteiger partial charge in [0.05, 0.1) is 4.91 Å². The van der Waals surface area contributed by atoms with E-state index < -0.39 is 11.1 Å². The number of hydrogen-bond donors (Lipinski definition) is 3. The maximum atomic E-state index is 11.0. The van der Waals surface area contributed by atoms with Crippen LogP contribution in [0, 0.1) is 5.41 Å². The smallest absolute Gasteiger partial charge is 0.290 e. The molecule has 0 bridgehead atoms. The van der Waals surface area contributed by atoms with Crippen molar-refractivity contribution >= 4 is 29.1 Å². The maximum Gasteiger partial charge on any atom is 0.290 e. The second-order valence-electron chi connectivity index (χ2n) is 2.19. The van der Waals surface area contributed by atoms with Crippen molar-refractivity contribution in [1.29, 1.82) is 5.41 Å². The van der Waals surface area contributed by atoms with Crippen molar-refractivity contribution in [2.24, 2.45) is 5.73 Å². The molecule has 6 heteroatoms. The molecule has 0 aromatic heterocycles. The van der Waals surface area contributed by atoms with Crippen LogP contribution in [0.5, 0.6) is 0 Å². The van der Waals surface area contributed by atoms with Crippen LogP contribution < -0.4 is 11.1 Å². The highest BCUT2D eigenvalue weighted by molar-refractivity contribution is 8.18. The van der Waals surface area contributed by atoms with E-state index in [0.717, 1.165) is 18.0 Å². The van der Waals surface area contributed by atoms with Gasteiger partial charge in [0.2, 0.25) is 0 Å². The zero-order chi connectivity index (χ0) is 9.84. The van der Waals surface area contributed by atoms with Gasteiger partial charge in [0.15, 0.2) is 0 Å². The number of imide groups is 1. The summed E-state index contributed by atoms with van der Waals surface area (Å²) in [4.78, 5) is 21.9. The Hall–Kier alpha value is -1.56. The maximum absolute atomic E-state index is 11.0. The Balaban J connectivity index is 2.83. The Kier molecular flexibility index (Phi) is 2.86. The van der Waals surface area contributed by atoms with Crippen LogP contribution in [0.2, 0.25) is 0 Å². The number of rotatable bonds is 2. The molecule has 1 rings (SSSR count). The zero-order valence-electron chi connectivity index (χ0n) is 6.53. The highest BCUT2D eigenvalue weighted by Gasteiger charge is 2.24. The molecule has 0 aliphatic carbocycles. The topological polar surface area (TPSA) is 96.0 Å². The van der Waals surface area contributed by atoms with E-state index in [9.17, 15) is 9.59 Å². The van der Waals surface area contributed by atoms with Gasteiger partial charge < -0.3 is 11.1 Å². The normalized spacial score (nSPS) is 20.6. The fraction of sp³-hybridized carbons (Fsp3) is 0. The van der Waals surface area contributed by atoms with Gasteiger partial charge in [-0.15, -0.1) is 0 Å². The number of amides is 2. The molecule has 1 aliphatic rings. The molecule has 1 fully saturated rings. The molecule has 13 heavy (non-hydrogen) atoms. The lowest BCUT2D eigenvalue weighted by molar-refractivity contribution is -0.115.